The Morgan fingerprint density at radius 3 is 2.48 bits per heavy atom. The second-order valence-corrected chi connectivity index (χ2v) is 10.1. The molecule has 4 nitrogen and oxygen atoms in total. The zero-order chi connectivity index (χ0) is 18.9. The molecule has 1 saturated carbocycles. The molecule has 148 valence electrons. The Morgan fingerprint density at radius 1 is 1.07 bits per heavy atom. The van der Waals surface area contributed by atoms with Gasteiger partial charge in [-0.15, -0.1) is 11.3 Å². The van der Waals surface area contributed by atoms with Gasteiger partial charge in [0.25, 0.3) is 5.91 Å². The molecule has 1 unspecified atom stereocenters. The van der Waals surface area contributed by atoms with E-state index in [9.17, 15) is 9.59 Å². The highest BCUT2D eigenvalue weighted by molar-refractivity contribution is 7.13. The van der Waals surface area contributed by atoms with E-state index in [0.29, 0.717) is 18.2 Å². The Kier molecular flexibility index (Phi) is 5.58. The molecule has 1 aromatic rings. The zero-order valence-corrected chi connectivity index (χ0v) is 17.4. The van der Waals surface area contributed by atoms with Crippen molar-refractivity contribution in [2.75, 3.05) is 26.2 Å². The lowest BCUT2D eigenvalue weighted by atomic mass is 9.66. The predicted octanol–water partition coefficient (Wildman–Crippen LogP) is 4.48. The molecule has 5 heteroatoms. The zero-order valence-electron chi connectivity index (χ0n) is 16.5. The number of carbonyl (C=O) groups excluding carboxylic acids is 2. The van der Waals surface area contributed by atoms with Gasteiger partial charge in [-0.3, -0.25) is 9.59 Å². The van der Waals surface area contributed by atoms with Gasteiger partial charge in [0.05, 0.1) is 4.88 Å². The van der Waals surface area contributed by atoms with Crippen LogP contribution in [0.3, 0.4) is 0 Å². The third kappa shape index (κ3) is 3.94. The summed E-state index contributed by atoms with van der Waals surface area (Å²) in [6.45, 7) is 5.67. The Bertz CT molecular complexity index is 686. The molecule has 0 radical (unpaired) electrons. The van der Waals surface area contributed by atoms with Gasteiger partial charge in [-0.1, -0.05) is 19.3 Å². The lowest BCUT2D eigenvalue weighted by Gasteiger charge is -2.38. The van der Waals surface area contributed by atoms with E-state index in [1.165, 1.54) is 37.0 Å². The number of hydrogen-bond donors (Lipinski definition) is 0. The van der Waals surface area contributed by atoms with E-state index in [1.54, 1.807) is 11.3 Å². The first kappa shape index (κ1) is 19.0. The van der Waals surface area contributed by atoms with Crippen LogP contribution in [-0.2, 0) is 4.79 Å². The van der Waals surface area contributed by atoms with Gasteiger partial charge in [0.1, 0.15) is 0 Å². The third-order valence-corrected chi connectivity index (χ3v) is 8.05. The van der Waals surface area contributed by atoms with E-state index in [2.05, 4.69) is 11.8 Å². The summed E-state index contributed by atoms with van der Waals surface area (Å²) in [6.07, 6.45) is 10.2. The highest BCUT2D eigenvalue weighted by Gasteiger charge is 2.48. The average molecular weight is 389 g/mol. The van der Waals surface area contributed by atoms with Crippen molar-refractivity contribution in [3.8, 4) is 0 Å². The number of likely N-dealkylation sites (tertiary alicyclic amines) is 2. The summed E-state index contributed by atoms with van der Waals surface area (Å²) in [4.78, 5) is 31.8. The summed E-state index contributed by atoms with van der Waals surface area (Å²) in [6, 6.07) is 4.01. The van der Waals surface area contributed by atoms with E-state index < -0.39 is 0 Å². The minimum absolute atomic E-state index is 0.200. The van der Waals surface area contributed by atoms with Crippen LogP contribution in [0.5, 0.6) is 0 Å². The molecule has 3 aliphatic rings. The van der Waals surface area contributed by atoms with Gasteiger partial charge in [0.2, 0.25) is 5.91 Å². The van der Waals surface area contributed by atoms with Crippen molar-refractivity contribution in [3.05, 3.63) is 21.9 Å². The maximum absolute atomic E-state index is 13.0. The molecular formula is C22H32N2O2S. The van der Waals surface area contributed by atoms with E-state index in [0.717, 1.165) is 50.3 Å². The van der Waals surface area contributed by atoms with Crippen LogP contribution < -0.4 is 0 Å². The molecule has 1 atom stereocenters. The SMILES string of the molecule is Cc1ccc(C(=O)N2CC(CCC(=O)N3CCCC3)C3(CCCCC3)C2)s1. The Balaban J connectivity index is 1.44. The fraction of sp³-hybridized carbons (Fsp3) is 0.727. The lowest BCUT2D eigenvalue weighted by Crippen LogP contribution is -2.35. The molecule has 3 heterocycles. The number of carbonyl (C=O) groups is 2. The molecule has 2 amide bonds. The van der Waals surface area contributed by atoms with Gasteiger partial charge in [-0.05, 0) is 62.5 Å². The summed E-state index contributed by atoms with van der Waals surface area (Å²) in [7, 11) is 0. The van der Waals surface area contributed by atoms with Gasteiger partial charge < -0.3 is 9.80 Å². The van der Waals surface area contributed by atoms with Crippen molar-refractivity contribution in [2.24, 2.45) is 11.3 Å². The number of amides is 2. The summed E-state index contributed by atoms with van der Waals surface area (Å²) >= 11 is 1.60. The molecule has 0 bridgehead atoms. The second kappa shape index (κ2) is 7.94. The summed E-state index contributed by atoms with van der Waals surface area (Å²) < 4.78 is 0. The molecule has 1 aromatic heterocycles. The Labute approximate surface area is 166 Å². The normalized spacial score (nSPS) is 24.7. The number of thiophene rings is 1. The van der Waals surface area contributed by atoms with Crippen molar-refractivity contribution >= 4 is 23.2 Å². The largest absolute Gasteiger partial charge is 0.343 e. The fourth-order valence-corrected chi connectivity index (χ4v) is 6.37. The van der Waals surface area contributed by atoms with E-state index in [1.807, 2.05) is 17.0 Å². The topological polar surface area (TPSA) is 40.6 Å². The quantitative estimate of drug-likeness (QED) is 0.763. The van der Waals surface area contributed by atoms with E-state index in [4.69, 9.17) is 0 Å². The summed E-state index contributed by atoms with van der Waals surface area (Å²) in [5.74, 6) is 1.01. The summed E-state index contributed by atoms with van der Waals surface area (Å²) in [5.41, 5.74) is 0.255. The minimum Gasteiger partial charge on any atom is -0.343 e. The van der Waals surface area contributed by atoms with Crippen LogP contribution in [0.2, 0.25) is 0 Å². The van der Waals surface area contributed by atoms with Crippen LogP contribution in [0.1, 0.15) is 72.3 Å². The predicted molar refractivity (Wildman–Crippen MR) is 109 cm³/mol. The van der Waals surface area contributed by atoms with Crippen molar-refractivity contribution in [2.45, 2.75) is 64.7 Å². The fourth-order valence-electron chi connectivity index (χ4n) is 5.54. The number of nitrogens with zero attached hydrogens (tertiary/aromatic N) is 2. The number of aryl methyl sites for hydroxylation is 1. The highest BCUT2D eigenvalue weighted by Crippen LogP contribution is 2.49. The van der Waals surface area contributed by atoms with Crippen LogP contribution in [-0.4, -0.2) is 47.8 Å². The average Bonchev–Trinajstić information content (AvgIpc) is 3.41. The van der Waals surface area contributed by atoms with Crippen molar-refractivity contribution in [3.63, 3.8) is 0 Å². The molecule has 0 aromatic carbocycles. The van der Waals surface area contributed by atoms with Crippen LogP contribution in [0.25, 0.3) is 0 Å². The third-order valence-electron chi connectivity index (χ3n) is 7.07. The molecule has 3 fully saturated rings. The van der Waals surface area contributed by atoms with Crippen molar-refractivity contribution in [1.29, 1.82) is 0 Å². The molecule has 2 aliphatic heterocycles. The first-order valence-corrected chi connectivity index (χ1v) is 11.5. The van der Waals surface area contributed by atoms with Crippen LogP contribution in [0.15, 0.2) is 12.1 Å². The van der Waals surface area contributed by atoms with Crippen molar-refractivity contribution in [1.82, 2.24) is 9.80 Å². The molecule has 4 rings (SSSR count). The molecule has 27 heavy (non-hydrogen) atoms. The maximum Gasteiger partial charge on any atom is 0.263 e. The Morgan fingerprint density at radius 2 is 1.81 bits per heavy atom. The smallest absolute Gasteiger partial charge is 0.263 e. The van der Waals surface area contributed by atoms with Gasteiger partial charge in [0, 0.05) is 37.5 Å². The van der Waals surface area contributed by atoms with Gasteiger partial charge >= 0.3 is 0 Å². The molecular weight excluding hydrogens is 356 g/mol. The van der Waals surface area contributed by atoms with Gasteiger partial charge in [-0.2, -0.15) is 0 Å². The summed E-state index contributed by atoms with van der Waals surface area (Å²) in [5, 5.41) is 0. The molecule has 1 spiro atoms. The molecule has 2 saturated heterocycles. The second-order valence-electron chi connectivity index (χ2n) is 8.84. The monoisotopic (exact) mass is 388 g/mol. The van der Waals surface area contributed by atoms with E-state index >= 15 is 0 Å². The molecule has 1 aliphatic carbocycles. The van der Waals surface area contributed by atoms with Crippen molar-refractivity contribution < 1.29 is 9.59 Å². The standard InChI is InChI=1S/C22H32N2O2S/c1-17-7-9-19(27-17)21(26)24-15-18(22(16-24)11-3-2-4-12-22)8-10-20(25)23-13-5-6-14-23/h7,9,18H,2-6,8,10-16H2,1H3. The lowest BCUT2D eigenvalue weighted by molar-refractivity contribution is -0.130. The first-order chi connectivity index (χ1) is 13.1. The van der Waals surface area contributed by atoms with Crippen LogP contribution in [0, 0.1) is 18.3 Å². The first-order valence-electron chi connectivity index (χ1n) is 10.7. The van der Waals surface area contributed by atoms with Gasteiger partial charge in [-0.25, -0.2) is 0 Å². The number of hydrogen-bond acceptors (Lipinski definition) is 3. The minimum atomic E-state index is 0.200. The highest BCUT2D eigenvalue weighted by atomic mass is 32.1. The van der Waals surface area contributed by atoms with Crippen LogP contribution in [0.4, 0.5) is 0 Å². The number of rotatable bonds is 4. The Hall–Kier alpha value is -1.36. The van der Waals surface area contributed by atoms with E-state index in [-0.39, 0.29) is 11.3 Å². The van der Waals surface area contributed by atoms with Crippen LogP contribution >= 0.6 is 11.3 Å². The molecule has 0 N–H and O–H groups in total. The van der Waals surface area contributed by atoms with Gasteiger partial charge in [0.15, 0.2) is 0 Å². The maximum atomic E-state index is 13.0.